The van der Waals surface area contributed by atoms with E-state index >= 15 is 0 Å². The van der Waals surface area contributed by atoms with E-state index < -0.39 is 22.1 Å². The van der Waals surface area contributed by atoms with E-state index in [0.29, 0.717) is 17.4 Å². The number of rotatable bonds is 7. The summed E-state index contributed by atoms with van der Waals surface area (Å²) < 4.78 is 0. The van der Waals surface area contributed by atoms with Crippen LogP contribution >= 0.6 is 23.1 Å². The molecular weight excluding hydrogens is 406 g/mol. The molecule has 150 valence electrons. The molecule has 4 N–H and O–H groups in total. The molecular formula is C16H19N5O5S2. The second kappa shape index (κ2) is 7.80. The number of fused-ring (bicyclic) bond motifs is 1. The molecule has 12 heteroatoms. The van der Waals surface area contributed by atoms with Crippen molar-refractivity contribution in [1.29, 1.82) is 0 Å². The Labute approximate surface area is 168 Å². The summed E-state index contributed by atoms with van der Waals surface area (Å²) in [6, 6.07) is 0. The maximum Gasteiger partial charge on any atom is 0.352 e. The van der Waals surface area contributed by atoms with Gasteiger partial charge in [-0.25, -0.2) is 9.78 Å². The average molecular weight is 425 g/mol. The number of hydrogen-bond donors (Lipinski definition) is 3. The smallest absolute Gasteiger partial charge is 0.352 e. The summed E-state index contributed by atoms with van der Waals surface area (Å²) in [6.45, 7) is 3.91. The number of carboxylic acid groups (broad SMARTS) is 1. The van der Waals surface area contributed by atoms with Crippen LogP contribution in [0.5, 0.6) is 0 Å². The summed E-state index contributed by atoms with van der Waals surface area (Å²) in [5.74, 6) is -2.13. The minimum atomic E-state index is -1.26. The molecule has 0 radical (unpaired) electrons. The number of nitrogens with one attached hydrogen (secondary N) is 1. The Morgan fingerprint density at radius 2 is 2.29 bits per heavy atom. The van der Waals surface area contributed by atoms with Gasteiger partial charge >= 0.3 is 5.97 Å². The van der Waals surface area contributed by atoms with Gasteiger partial charge in [0.25, 0.3) is 5.91 Å². The predicted octanol–water partition coefficient (Wildman–Crippen LogP) is 0.766. The number of amides is 2. The molecule has 28 heavy (non-hydrogen) atoms. The third-order valence-corrected chi connectivity index (χ3v) is 6.00. The van der Waals surface area contributed by atoms with E-state index in [1.165, 1.54) is 29.2 Å². The van der Waals surface area contributed by atoms with Crippen molar-refractivity contribution in [3.8, 4) is 0 Å². The highest BCUT2D eigenvalue weighted by molar-refractivity contribution is 8.02. The maximum atomic E-state index is 12.4. The summed E-state index contributed by atoms with van der Waals surface area (Å²) in [7, 11) is 0. The second-order valence-corrected chi connectivity index (χ2v) is 8.72. The Morgan fingerprint density at radius 1 is 1.54 bits per heavy atom. The van der Waals surface area contributed by atoms with Gasteiger partial charge in [-0.2, -0.15) is 0 Å². The average Bonchev–Trinajstić information content (AvgIpc) is 3.01. The molecule has 0 aliphatic carbocycles. The lowest BCUT2D eigenvalue weighted by Crippen LogP contribution is -2.65. The van der Waals surface area contributed by atoms with Crippen LogP contribution < -0.4 is 11.1 Å². The van der Waals surface area contributed by atoms with Crippen LogP contribution in [0.4, 0.5) is 5.13 Å². The fourth-order valence-electron chi connectivity index (χ4n) is 2.74. The van der Waals surface area contributed by atoms with E-state index in [1.807, 2.05) is 6.92 Å². The standard InChI is InChI=1S/C16H19N5O5S2/c1-3-4-26-20-11-12(23)21-9(14(24)25)6-16(2,28-13(11)21)19-10(22)5-8-7-27-15(17)18-8/h6-7,13H,3-5H2,1-2H3,(H2,17,18)(H,19,22)(H,24,25)/b20-11+/t13-,16?/m1/s1. The molecule has 0 bridgehead atoms. The number of oxime groups is 1. The lowest BCUT2D eigenvalue weighted by atomic mass is 10.1. The Bertz CT molecular complexity index is 883. The number of nitrogen functional groups attached to an aromatic ring is 1. The number of carboxylic acids is 1. The molecule has 10 nitrogen and oxygen atoms in total. The highest BCUT2D eigenvalue weighted by atomic mass is 32.2. The molecule has 0 saturated carbocycles. The first-order valence-corrected chi connectivity index (χ1v) is 10.2. The molecule has 1 aromatic heterocycles. The van der Waals surface area contributed by atoms with Crippen molar-refractivity contribution in [3.63, 3.8) is 0 Å². The van der Waals surface area contributed by atoms with Crippen LogP contribution in [-0.2, 0) is 25.6 Å². The SMILES string of the molecule is CCCO/N=C1\C(=O)N2C(C(=O)O)=CC(C)(NC(=O)Cc3csc(N)n3)S[C@H]12. The number of thiazole rings is 1. The van der Waals surface area contributed by atoms with Gasteiger partial charge in [0.05, 0.1) is 12.1 Å². The van der Waals surface area contributed by atoms with Gasteiger partial charge in [-0.15, -0.1) is 11.3 Å². The highest BCUT2D eigenvalue weighted by Crippen LogP contribution is 2.43. The van der Waals surface area contributed by atoms with Crippen molar-refractivity contribution in [2.45, 2.75) is 36.9 Å². The van der Waals surface area contributed by atoms with Crippen LogP contribution in [0.1, 0.15) is 26.0 Å². The molecule has 2 amide bonds. The number of β-lactam (4-membered cyclic amide) rings is 1. The van der Waals surface area contributed by atoms with Gasteiger partial charge < -0.3 is 21.0 Å². The van der Waals surface area contributed by atoms with E-state index in [4.69, 9.17) is 10.6 Å². The summed E-state index contributed by atoms with van der Waals surface area (Å²) in [5.41, 5.74) is 6.02. The van der Waals surface area contributed by atoms with Crippen LogP contribution in [0.15, 0.2) is 22.3 Å². The minimum Gasteiger partial charge on any atom is -0.477 e. The molecule has 0 aromatic carbocycles. The monoisotopic (exact) mass is 425 g/mol. The molecule has 3 rings (SSSR count). The molecule has 1 aromatic rings. The first-order valence-electron chi connectivity index (χ1n) is 8.42. The number of hydrogen-bond acceptors (Lipinski definition) is 9. The van der Waals surface area contributed by atoms with Gasteiger partial charge in [-0.3, -0.25) is 14.5 Å². The van der Waals surface area contributed by atoms with Crippen LogP contribution in [0.25, 0.3) is 0 Å². The molecule has 2 aliphatic heterocycles. The van der Waals surface area contributed by atoms with Crippen LogP contribution in [-0.4, -0.2) is 55.3 Å². The quantitative estimate of drug-likeness (QED) is 0.330. The van der Waals surface area contributed by atoms with Gasteiger partial charge in [-0.05, 0) is 19.4 Å². The van der Waals surface area contributed by atoms with Crippen molar-refractivity contribution in [2.75, 3.05) is 12.3 Å². The normalized spacial score (nSPS) is 25.0. The second-order valence-electron chi connectivity index (χ2n) is 6.30. The van der Waals surface area contributed by atoms with Crippen molar-refractivity contribution >= 4 is 51.7 Å². The van der Waals surface area contributed by atoms with E-state index in [-0.39, 0.29) is 23.7 Å². The zero-order valence-corrected chi connectivity index (χ0v) is 16.8. The van der Waals surface area contributed by atoms with E-state index in [2.05, 4.69) is 15.5 Å². The third-order valence-electron chi connectivity index (χ3n) is 3.91. The number of anilines is 1. The third kappa shape index (κ3) is 3.97. The van der Waals surface area contributed by atoms with Crippen molar-refractivity contribution in [1.82, 2.24) is 15.2 Å². The number of aromatic nitrogens is 1. The molecule has 2 aliphatic rings. The summed E-state index contributed by atoms with van der Waals surface area (Å²) in [4.78, 5) is 45.5. The number of carbonyl (C=O) groups is 3. The zero-order chi connectivity index (χ0) is 20.5. The Hall–Kier alpha value is -2.60. The van der Waals surface area contributed by atoms with Gasteiger partial charge in [0, 0.05) is 5.38 Å². The lowest BCUT2D eigenvalue weighted by Gasteiger charge is -2.47. The molecule has 1 fully saturated rings. The van der Waals surface area contributed by atoms with Gasteiger partial charge in [0.15, 0.2) is 10.8 Å². The Kier molecular flexibility index (Phi) is 5.61. The van der Waals surface area contributed by atoms with Gasteiger partial charge in [0.2, 0.25) is 5.91 Å². The zero-order valence-electron chi connectivity index (χ0n) is 15.2. The summed E-state index contributed by atoms with van der Waals surface area (Å²) in [6.07, 6.45) is 2.08. The Balaban J connectivity index is 1.79. The van der Waals surface area contributed by atoms with Gasteiger partial charge in [-0.1, -0.05) is 23.8 Å². The molecule has 3 heterocycles. The predicted molar refractivity (Wildman–Crippen MR) is 104 cm³/mol. The van der Waals surface area contributed by atoms with Crippen molar-refractivity contribution in [3.05, 3.63) is 22.8 Å². The maximum absolute atomic E-state index is 12.4. The van der Waals surface area contributed by atoms with E-state index in [9.17, 15) is 19.5 Å². The molecule has 0 spiro atoms. The van der Waals surface area contributed by atoms with Crippen LogP contribution in [0.2, 0.25) is 0 Å². The van der Waals surface area contributed by atoms with E-state index in [1.54, 1.807) is 12.3 Å². The summed E-state index contributed by atoms with van der Waals surface area (Å²) in [5, 5.41) is 17.5. The first-order chi connectivity index (χ1) is 13.2. The minimum absolute atomic E-state index is 0.00790. The first kappa shape index (κ1) is 20.1. The number of aliphatic carboxylic acids is 1. The van der Waals surface area contributed by atoms with Crippen molar-refractivity contribution in [2.24, 2.45) is 5.16 Å². The molecule has 2 atom stereocenters. The lowest BCUT2D eigenvalue weighted by molar-refractivity contribution is -0.139. The molecule has 1 saturated heterocycles. The fraction of sp³-hybridized carbons (Fsp3) is 0.438. The molecule has 1 unspecified atom stereocenters. The van der Waals surface area contributed by atoms with Crippen LogP contribution in [0.3, 0.4) is 0 Å². The fourth-order valence-corrected chi connectivity index (χ4v) is 4.69. The number of carbonyl (C=O) groups excluding carboxylic acids is 2. The Morgan fingerprint density at radius 3 is 2.89 bits per heavy atom. The van der Waals surface area contributed by atoms with Crippen molar-refractivity contribution < 1.29 is 24.3 Å². The highest BCUT2D eigenvalue weighted by Gasteiger charge is 2.55. The summed E-state index contributed by atoms with van der Waals surface area (Å²) >= 11 is 2.43. The number of nitrogens with two attached hydrogens (primary N) is 1. The van der Waals surface area contributed by atoms with Gasteiger partial charge in [0.1, 0.15) is 22.5 Å². The number of thioether (sulfide) groups is 1. The topological polar surface area (TPSA) is 147 Å². The van der Waals surface area contributed by atoms with Crippen LogP contribution in [0, 0.1) is 0 Å². The number of nitrogens with zero attached hydrogens (tertiary/aromatic N) is 3. The van der Waals surface area contributed by atoms with E-state index in [0.717, 1.165) is 11.3 Å². The largest absolute Gasteiger partial charge is 0.477 e.